The highest BCUT2D eigenvalue weighted by atomic mass is 32.1. The number of hydrogen-bond donors (Lipinski definition) is 2. The maximum absolute atomic E-state index is 13.3. The monoisotopic (exact) mass is 498 g/mol. The topological polar surface area (TPSA) is 101 Å². The van der Waals surface area contributed by atoms with Gasteiger partial charge in [-0.1, -0.05) is 30.3 Å². The van der Waals surface area contributed by atoms with E-state index in [2.05, 4.69) is 36.4 Å². The maximum atomic E-state index is 13.3. The number of benzene rings is 1. The first kappa shape index (κ1) is 25.3. The van der Waals surface area contributed by atoms with Gasteiger partial charge in [0.25, 0.3) is 5.91 Å². The second kappa shape index (κ2) is 10.5. The summed E-state index contributed by atoms with van der Waals surface area (Å²) in [4.78, 5) is 45.0. The fourth-order valence-electron chi connectivity index (χ4n) is 5.16. The number of methoxy groups -OCH3 is 1. The molecule has 1 aliphatic heterocycles. The van der Waals surface area contributed by atoms with Crippen LogP contribution in [0, 0.1) is 5.92 Å². The Kier molecular flexibility index (Phi) is 7.56. The molecule has 1 aromatic carbocycles. The highest BCUT2D eigenvalue weighted by Crippen LogP contribution is 2.33. The standard InChI is InChI=1S/C26H34N4O4S/c1-26(2,3)29-17-10-11-21(18(14-17)25(33)34-4)30-13-12-19(24(30)32)27-22(31)20-15-35-23(28-20)16-8-6-5-7-9-16/h5-9,15,17-19,21,29H,10-14H2,1-4H3,(H,27,31)/t17-,18-,19+,21+/m1/s1. The molecule has 2 fully saturated rings. The van der Waals surface area contributed by atoms with Gasteiger partial charge in [0.05, 0.1) is 13.0 Å². The summed E-state index contributed by atoms with van der Waals surface area (Å²) in [6.07, 6.45) is 2.72. The number of thiazole rings is 1. The van der Waals surface area contributed by atoms with Crippen LogP contribution in [0.3, 0.4) is 0 Å². The molecular weight excluding hydrogens is 464 g/mol. The van der Waals surface area contributed by atoms with Crippen LogP contribution in [0.25, 0.3) is 10.6 Å². The van der Waals surface area contributed by atoms with Crippen molar-refractivity contribution in [3.8, 4) is 10.6 Å². The van der Waals surface area contributed by atoms with Crippen molar-refractivity contribution >= 4 is 29.1 Å². The fourth-order valence-corrected chi connectivity index (χ4v) is 5.97. The van der Waals surface area contributed by atoms with E-state index >= 15 is 0 Å². The molecule has 1 saturated heterocycles. The van der Waals surface area contributed by atoms with Gasteiger partial charge in [0.15, 0.2) is 0 Å². The Morgan fingerprint density at radius 3 is 2.57 bits per heavy atom. The minimum Gasteiger partial charge on any atom is -0.469 e. The molecule has 0 unspecified atom stereocenters. The summed E-state index contributed by atoms with van der Waals surface area (Å²) >= 11 is 1.40. The molecule has 2 aromatic rings. The number of carbonyl (C=O) groups is 3. The fraction of sp³-hybridized carbons (Fsp3) is 0.538. The molecular formula is C26H34N4O4S. The van der Waals surface area contributed by atoms with Crippen molar-refractivity contribution in [1.29, 1.82) is 0 Å². The Bertz CT molecular complexity index is 1060. The Labute approximate surface area is 210 Å². The minimum absolute atomic E-state index is 0.0624. The van der Waals surface area contributed by atoms with E-state index in [1.807, 2.05) is 30.3 Å². The summed E-state index contributed by atoms with van der Waals surface area (Å²) < 4.78 is 5.10. The SMILES string of the molecule is COC(=O)[C@@H]1C[C@H](NC(C)(C)C)CC[C@@H]1N1CC[C@H](NC(=O)c2csc(-c3ccccc3)n2)C1=O. The highest BCUT2D eigenvalue weighted by molar-refractivity contribution is 7.13. The molecule has 2 heterocycles. The molecule has 35 heavy (non-hydrogen) atoms. The van der Waals surface area contributed by atoms with Crippen molar-refractivity contribution in [1.82, 2.24) is 20.5 Å². The zero-order valence-electron chi connectivity index (χ0n) is 20.7. The van der Waals surface area contributed by atoms with Crippen LogP contribution in [-0.2, 0) is 14.3 Å². The van der Waals surface area contributed by atoms with Gasteiger partial charge in [0.1, 0.15) is 16.7 Å². The molecule has 2 N–H and O–H groups in total. The Morgan fingerprint density at radius 2 is 1.89 bits per heavy atom. The first-order valence-electron chi connectivity index (χ1n) is 12.1. The summed E-state index contributed by atoms with van der Waals surface area (Å²) in [6.45, 7) is 6.82. The summed E-state index contributed by atoms with van der Waals surface area (Å²) in [6, 6.07) is 9.03. The predicted molar refractivity (Wildman–Crippen MR) is 135 cm³/mol. The van der Waals surface area contributed by atoms with E-state index in [1.54, 1.807) is 10.3 Å². The summed E-state index contributed by atoms with van der Waals surface area (Å²) in [7, 11) is 1.40. The van der Waals surface area contributed by atoms with Crippen molar-refractivity contribution in [2.45, 2.75) is 70.1 Å². The molecule has 9 heteroatoms. The number of hydrogen-bond acceptors (Lipinski definition) is 7. The third-order valence-corrected chi connectivity index (χ3v) is 7.55. The molecule has 8 nitrogen and oxygen atoms in total. The Morgan fingerprint density at radius 1 is 1.14 bits per heavy atom. The number of likely N-dealkylation sites (tertiary alicyclic amines) is 1. The number of aromatic nitrogens is 1. The number of rotatable bonds is 6. The lowest BCUT2D eigenvalue weighted by molar-refractivity contribution is -0.151. The van der Waals surface area contributed by atoms with Crippen LogP contribution < -0.4 is 10.6 Å². The second-order valence-corrected chi connectivity index (χ2v) is 11.2. The van der Waals surface area contributed by atoms with Crippen LogP contribution in [0.5, 0.6) is 0 Å². The van der Waals surface area contributed by atoms with E-state index in [9.17, 15) is 14.4 Å². The van der Waals surface area contributed by atoms with Gasteiger partial charge in [-0.25, -0.2) is 4.98 Å². The van der Waals surface area contributed by atoms with Crippen molar-refractivity contribution in [3.63, 3.8) is 0 Å². The number of nitrogens with zero attached hydrogens (tertiary/aromatic N) is 2. The first-order chi connectivity index (χ1) is 16.7. The van der Waals surface area contributed by atoms with Crippen LogP contribution >= 0.6 is 11.3 Å². The molecule has 1 saturated carbocycles. The molecule has 0 bridgehead atoms. The van der Waals surface area contributed by atoms with Crippen LogP contribution in [0.4, 0.5) is 0 Å². The summed E-state index contributed by atoms with van der Waals surface area (Å²) in [5, 5.41) is 8.92. The van der Waals surface area contributed by atoms with E-state index in [0.29, 0.717) is 31.5 Å². The van der Waals surface area contributed by atoms with Gasteiger partial charge in [-0.3, -0.25) is 14.4 Å². The van der Waals surface area contributed by atoms with Gasteiger partial charge in [0, 0.05) is 35.1 Å². The number of amides is 2. The highest BCUT2D eigenvalue weighted by Gasteiger charge is 2.45. The van der Waals surface area contributed by atoms with Crippen molar-refractivity contribution in [2.75, 3.05) is 13.7 Å². The van der Waals surface area contributed by atoms with Gasteiger partial charge in [-0.15, -0.1) is 11.3 Å². The smallest absolute Gasteiger partial charge is 0.310 e. The Hall–Kier alpha value is -2.78. The van der Waals surface area contributed by atoms with Crippen LogP contribution in [0.1, 0.15) is 56.9 Å². The molecule has 0 radical (unpaired) electrons. The van der Waals surface area contributed by atoms with Crippen LogP contribution in [-0.4, -0.2) is 65.0 Å². The average molecular weight is 499 g/mol. The quantitative estimate of drug-likeness (QED) is 0.593. The number of ether oxygens (including phenoxy) is 1. The normalized spacial score (nSPS) is 24.9. The van der Waals surface area contributed by atoms with Crippen molar-refractivity contribution < 1.29 is 19.1 Å². The van der Waals surface area contributed by atoms with E-state index in [0.717, 1.165) is 17.0 Å². The van der Waals surface area contributed by atoms with Crippen LogP contribution in [0.15, 0.2) is 35.7 Å². The Balaban J connectivity index is 1.41. The summed E-state index contributed by atoms with van der Waals surface area (Å²) in [5.41, 5.74) is 1.19. The number of carbonyl (C=O) groups excluding carboxylic acids is 3. The molecule has 188 valence electrons. The van der Waals surface area contributed by atoms with Gasteiger partial charge >= 0.3 is 5.97 Å². The number of nitrogens with one attached hydrogen (secondary N) is 2. The molecule has 1 aliphatic carbocycles. The molecule has 2 aliphatic rings. The van der Waals surface area contributed by atoms with E-state index in [-0.39, 0.29) is 41.3 Å². The minimum atomic E-state index is -0.618. The van der Waals surface area contributed by atoms with Gasteiger partial charge in [-0.05, 0) is 46.5 Å². The zero-order chi connectivity index (χ0) is 25.2. The van der Waals surface area contributed by atoms with E-state index in [1.165, 1.54) is 18.4 Å². The average Bonchev–Trinajstić information content (AvgIpc) is 3.46. The lowest BCUT2D eigenvalue weighted by Gasteiger charge is -2.41. The van der Waals surface area contributed by atoms with Gasteiger partial charge in [-0.2, -0.15) is 0 Å². The van der Waals surface area contributed by atoms with Gasteiger partial charge in [0.2, 0.25) is 5.91 Å². The van der Waals surface area contributed by atoms with Gasteiger partial charge < -0.3 is 20.3 Å². The lowest BCUT2D eigenvalue weighted by Crippen LogP contribution is -2.55. The summed E-state index contributed by atoms with van der Waals surface area (Å²) in [5.74, 6) is -1.17. The lowest BCUT2D eigenvalue weighted by atomic mass is 9.80. The largest absolute Gasteiger partial charge is 0.469 e. The van der Waals surface area contributed by atoms with Crippen molar-refractivity contribution in [2.24, 2.45) is 5.92 Å². The third kappa shape index (κ3) is 5.90. The van der Waals surface area contributed by atoms with E-state index < -0.39 is 6.04 Å². The molecule has 4 rings (SSSR count). The second-order valence-electron chi connectivity index (χ2n) is 10.4. The number of esters is 1. The van der Waals surface area contributed by atoms with Crippen molar-refractivity contribution in [3.05, 3.63) is 41.4 Å². The molecule has 1 aromatic heterocycles. The van der Waals surface area contributed by atoms with Crippen LogP contribution in [0.2, 0.25) is 0 Å². The maximum Gasteiger partial charge on any atom is 0.310 e. The van der Waals surface area contributed by atoms with E-state index in [4.69, 9.17) is 4.74 Å². The predicted octanol–water partition coefficient (Wildman–Crippen LogP) is 3.24. The molecule has 2 amide bonds. The third-order valence-electron chi connectivity index (χ3n) is 6.66. The first-order valence-corrected chi connectivity index (χ1v) is 13.0. The zero-order valence-corrected chi connectivity index (χ0v) is 21.6. The molecule has 4 atom stereocenters. The molecule has 0 spiro atoms.